The Kier molecular flexibility index (Phi) is 5.79. The van der Waals surface area contributed by atoms with Crippen molar-refractivity contribution in [3.63, 3.8) is 0 Å². The molecule has 2 heterocycles. The summed E-state index contributed by atoms with van der Waals surface area (Å²) >= 11 is 5.83. The number of piperidine rings is 1. The molecule has 1 aliphatic rings. The van der Waals surface area contributed by atoms with Gasteiger partial charge in [0, 0.05) is 6.54 Å². The summed E-state index contributed by atoms with van der Waals surface area (Å²) in [5, 5.41) is 0.0867. The molecule has 7 heteroatoms. The van der Waals surface area contributed by atoms with Crippen molar-refractivity contribution in [1.29, 1.82) is 0 Å². The molecule has 1 aromatic rings. The van der Waals surface area contributed by atoms with Crippen molar-refractivity contribution < 1.29 is 9.47 Å². The SMILES string of the molecule is CC(C)Oc1nc(Cl)nc(OCCN2CCCCC2)n1. The van der Waals surface area contributed by atoms with E-state index >= 15 is 0 Å². The van der Waals surface area contributed by atoms with Crippen LogP contribution in [-0.4, -0.2) is 52.2 Å². The molecule has 6 nitrogen and oxygen atoms in total. The Hall–Kier alpha value is -1.14. The van der Waals surface area contributed by atoms with E-state index in [1.54, 1.807) is 0 Å². The second-order valence-corrected chi connectivity index (χ2v) is 5.43. The van der Waals surface area contributed by atoms with Gasteiger partial charge in [0.1, 0.15) is 6.61 Å². The van der Waals surface area contributed by atoms with E-state index in [9.17, 15) is 0 Å². The molecule has 1 aliphatic heterocycles. The summed E-state index contributed by atoms with van der Waals surface area (Å²) in [4.78, 5) is 14.3. The summed E-state index contributed by atoms with van der Waals surface area (Å²) in [5.74, 6) is 0. The molecule has 1 aromatic heterocycles. The molecule has 0 aromatic carbocycles. The van der Waals surface area contributed by atoms with Gasteiger partial charge in [0.05, 0.1) is 6.10 Å². The number of halogens is 1. The zero-order chi connectivity index (χ0) is 14.4. The van der Waals surface area contributed by atoms with E-state index in [1.807, 2.05) is 13.8 Å². The minimum Gasteiger partial charge on any atom is -0.462 e. The topological polar surface area (TPSA) is 60.4 Å². The number of nitrogens with zero attached hydrogens (tertiary/aromatic N) is 4. The van der Waals surface area contributed by atoms with Gasteiger partial charge in [-0.3, -0.25) is 4.90 Å². The maximum atomic E-state index is 5.83. The first-order valence-electron chi connectivity index (χ1n) is 7.07. The molecule has 0 atom stereocenters. The summed E-state index contributed by atoms with van der Waals surface area (Å²) in [6.07, 6.45) is 3.85. The van der Waals surface area contributed by atoms with Crippen LogP contribution >= 0.6 is 11.6 Å². The molecule has 0 spiro atoms. The van der Waals surface area contributed by atoms with Crippen molar-refractivity contribution >= 4 is 11.6 Å². The van der Waals surface area contributed by atoms with Gasteiger partial charge >= 0.3 is 12.0 Å². The fourth-order valence-corrected chi connectivity index (χ4v) is 2.24. The first-order chi connectivity index (χ1) is 9.63. The van der Waals surface area contributed by atoms with Crippen molar-refractivity contribution in [3.05, 3.63) is 5.28 Å². The van der Waals surface area contributed by atoms with Gasteiger partial charge in [0.15, 0.2) is 0 Å². The molecule has 0 N–H and O–H groups in total. The van der Waals surface area contributed by atoms with E-state index in [0.717, 1.165) is 19.6 Å². The predicted octanol–water partition coefficient (Wildman–Crippen LogP) is 2.18. The number of hydrogen-bond acceptors (Lipinski definition) is 6. The van der Waals surface area contributed by atoms with Gasteiger partial charge in [-0.05, 0) is 51.4 Å². The van der Waals surface area contributed by atoms with Gasteiger partial charge in [0.2, 0.25) is 5.28 Å². The highest BCUT2D eigenvalue weighted by molar-refractivity contribution is 6.28. The van der Waals surface area contributed by atoms with E-state index in [-0.39, 0.29) is 23.4 Å². The third-order valence-corrected chi connectivity index (χ3v) is 3.16. The molecule has 20 heavy (non-hydrogen) atoms. The fraction of sp³-hybridized carbons (Fsp3) is 0.769. The highest BCUT2D eigenvalue weighted by Crippen LogP contribution is 2.14. The average Bonchev–Trinajstić information content (AvgIpc) is 2.38. The van der Waals surface area contributed by atoms with Crippen LogP contribution in [0.25, 0.3) is 0 Å². The molecule has 0 amide bonds. The van der Waals surface area contributed by atoms with E-state index in [4.69, 9.17) is 21.1 Å². The van der Waals surface area contributed by atoms with Gasteiger partial charge in [-0.25, -0.2) is 0 Å². The van der Waals surface area contributed by atoms with Crippen LogP contribution in [0.15, 0.2) is 0 Å². The van der Waals surface area contributed by atoms with Crippen LogP contribution in [0, 0.1) is 0 Å². The maximum absolute atomic E-state index is 5.83. The normalized spacial score (nSPS) is 16.4. The van der Waals surface area contributed by atoms with Crippen LogP contribution in [0.3, 0.4) is 0 Å². The number of likely N-dealkylation sites (tertiary alicyclic amines) is 1. The lowest BCUT2D eigenvalue weighted by Gasteiger charge is -2.25. The minimum absolute atomic E-state index is 0.0188. The zero-order valence-corrected chi connectivity index (χ0v) is 12.8. The standard InChI is InChI=1S/C13H21ClN4O2/c1-10(2)20-13-16-11(14)15-12(17-13)19-9-8-18-6-4-3-5-7-18/h10H,3-9H2,1-2H3. The summed E-state index contributed by atoms with van der Waals surface area (Å²) in [5.41, 5.74) is 0. The van der Waals surface area contributed by atoms with Crippen LogP contribution in [0.1, 0.15) is 33.1 Å². The van der Waals surface area contributed by atoms with Gasteiger partial charge in [-0.1, -0.05) is 6.42 Å². The predicted molar refractivity (Wildman–Crippen MR) is 76.4 cm³/mol. The summed E-state index contributed by atoms with van der Waals surface area (Å²) in [7, 11) is 0. The van der Waals surface area contributed by atoms with E-state index in [1.165, 1.54) is 19.3 Å². The van der Waals surface area contributed by atoms with Crippen LogP contribution in [-0.2, 0) is 0 Å². The molecule has 2 rings (SSSR count). The Morgan fingerprint density at radius 2 is 1.80 bits per heavy atom. The lowest BCUT2D eigenvalue weighted by Crippen LogP contribution is -2.33. The van der Waals surface area contributed by atoms with Crippen molar-refractivity contribution in [2.45, 2.75) is 39.2 Å². The van der Waals surface area contributed by atoms with Crippen molar-refractivity contribution in [3.8, 4) is 12.0 Å². The van der Waals surface area contributed by atoms with Crippen molar-refractivity contribution in [2.24, 2.45) is 0 Å². The smallest absolute Gasteiger partial charge is 0.324 e. The first-order valence-corrected chi connectivity index (χ1v) is 7.44. The largest absolute Gasteiger partial charge is 0.462 e. The van der Waals surface area contributed by atoms with Gasteiger partial charge in [-0.15, -0.1) is 4.98 Å². The monoisotopic (exact) mass is 300 g/mol. The fourth-order valence-electron chi connectivity index (χ4n) is 2.09. The molecule has 1 fully saturated rings. The Morgan fingerprint density at radius 3 is 2.50 bits per heavy atom. The highest BCUT2D eigenvalue weighted by Gasteiger charge is 2.12. The molecule has 0 radical (unpaired) electrons. The lowest BCUT2D eigenvalue weighted by molar-refractivity contribution is 0.172. The van der Waals surface area contributed by atoms with Gasteiger partial charge in [-0.2, -0.15) is 9.97 Å². The molecule has 112 valence electrons. The zero-order valence-electron chi connectivity index (χ0n) is 12.0. The second kappa shape index (κ2) is 7.59. The highest BCUT2D eigenvalue weighted by atomic mass is 35.5. The van der Waals surface area contributed by atoms with Crippen molar-refractivity contribution in [1.82, 2.24) is 19.9 Å². The average molecular weight is 301 g/mol. The summed E-state index contributed by atoms with van der Waals surface area (Å²) in [6, 6.07) is 0.422. The molecular formula is C13H21ClN4O2. The molecule has 0 saturated carbocycles. The van der Waals surface area contributed by atoms with Gasteiger partial charge in [0.25, 0.3) is 0 Å². The second-order valence-electron chi connectivity index (χ2n) is 5.09. The van der Waals surface area contributed by atoms with E-state index in [0.29, 0.717) is 6.61 Å². The van der Waals surface area contributed by atoms with Crippen LogP contribution in [0.4, 0.5) is 0 Å². The number of rotatable bonds is 6. The number of aromatic nitrogens is 3. The molecule has 0 aliphatic carbocycles. The number of hydrogen-bond donors (Lipinski definition) is 0. The summed E-state index contributed by atoms with van der Waals surface area (Å²) < 4.78 is 10.9. The number of ether oxygens (including phenoxy) is 2. The third-order valence-electron chi connectivity index (χ3n) is 3.00. The maximum Gasteiger partial charge on any atom is 0.324 e. The Morgan fingerprint density at radius 1 is 1.10 bits per heavy atom. The molecule has 1 saturated heterocycles. The summed E-state index contributed by atoms with van der Waals surface area (Å²) in [6.45, 7) is 7.50. The Bertz CT molecular complexity index is 425. The molecule has 0 unspecified atom stereocenters. The van der Waals surface area contributed by atoms with Crippen LogP contribution in [0.5, 0.6) is 12.0 Å². The third kappa shape index (κ3) is 5.09. The minimum atomic E-state index is -0.0188. The Labute approximate surface area is 124 Å². The van der Waals surface area contributed by atoms with Crippen molar-refractivity contribution in [2.75, 3.05) is 26.2 Å². The molecular weight excluding hydrogens is 280 g/mol. The first kappa shape index (κ1) is 15.3. The lowest BCUT2D eigenvalue weighted by atomic mass is 10.1. The van der Waals surface area contributed by atoms with Crippen LogP contribution < -0.4 is 9.47 Å². The van der Waals surface area contributed by atoms with Gasteiger partial charge < -0.3 is 9.47 Å². The molecule has 0 bridgehead atoms. The Balaban J connectivity index is 1.83. The van der Waals surface area contributed by atoms with E-state index in [2.05, 4.69) is 19.9 Å². The quantitative estimate of drug-likeness (QED) is 0.802. The van der Waals surface area contributed by atoms with Crippen LogP contribution in [0.2, 0.25) is 5.28 Å². The van der Waals surface area contributed by atoms with E-state index < -0.39 is 0 Å².